The number of rotatable bonds is 8. The summed E-state index contributed by atoms with van der Waals surface area (Å²) in [6.07, 6.45) is 4.37. The normalized spacial score (nSPS) is 16.0. The topological polar surface area (TPSA) is 41.6 Å². The van der Waals surface area contributed by atoms with Crippen LogP contribution < -0.4 is 10.1 Å². The molecule has 0 aromatic heterocycles. The van der Waals surface area contributed by atoms with Gasteiger partial charge in [-0.05, 0) is 61.6 Å². The minimum atomic E-state index is 0.00535. The number of benzene rings is 2. The summed E-state index contributed by atoms with van der Waals surface area (Å²) in [7, 11) is 1.75. The fraction of sp³-hybridized carbons (Fsp3) is 0.435. The van der Waals surface area contributed by atoms with Crippen LogP contribution in [0.4, 0.5) is 0 Å². The molecule has 0 saturated carbocycles. The molecule has 27 heavy (non-hydrogen) atoms. The molecule has 0 fully saturated rings. The van der Waals surface area contributed by atoms with E-state index in [4.69, 9.17) is 4.74 Å². The maximum atomic E-state index is 12.3. The molecule has 0 heterocycles. The van der Waals surface area contributed by atoms with E-state index in [9.17, 15) is 4.79 Å². The molecule has 4 heteroatoms. The van der Waals surface area contributed by atoms with Crippen LogP contribution >= 0.6 is 0 Å². The first-order valence-electron chi connectivity index (χ1n) is 9.95. The molecular weight excluding hydrogens is 336 g/mol. The summed E-state index contributed by atoms with van der Waals surface area (Å²) in [4.78, 5) is 14.8. The molecule has 0 spiro atoms. The lowest BCUT2D eigenvalue weighted by Gasteiger charge is -2.35. The van der Waals surface area contributed by atoms with Crippen LogP contribution in [0.3, 0.4) is 0 Å². The Morgan fingerprint density at radius 3 is 2.70 bits per heavy atom. The van der Waals surface area contributed by atoms with Crippen molar-refractivity contribution in [3.05, 3.63) is 65.2 Å². The average molecular weight is 367 g/mol. The van der Waals surface area contributed by atoms with E-state index in [0.29, 0.717) is 12.6 Å². The molecule has 4 nitrogen and oxygen atoms in total. The van der Waals surface area contributed by atoms with E-state index in [0.717, 1.165) is 50.1 Å². The van der Waals surface area contributed by atoms with Gasteiger partial charge < -0.3 is 10.1 Å². The van der Waals surface area contributed by atoms with E-state index in [2.05, 4.69) is 35.3 Å². The van der Waals surface area contributed by atoms with E-state index in [1.165, 1.54) is 11.1 Å². The van der Waals surface area contributed by atoms with Crippen LogP contribution in [0.5, 0.6) is 5.75 Å². The molecule has 2 aromatic carbocycles. The quantitative estimate of drug-likeness (QED) is 0.775. The number of nitrogens with one attached hydrogen (secondary N) is 1. The van der Waals surface area contributed by atoms with Gasteiger partial charge in [0.1, 0.15) is 5.75 Å². The highest BCUT2D eigenvalue weighted by atomic mass is 16.5. The molecule has 1 aliphatic carbocycles. The summed E-state index contributed by atoms with van der Waals surface area (Å²) in [6, 6.07) is 16.3. The van der Waals surface area contributed by atoms with Crippen LogP contribution in [0.2, 0.25) is 0 Å². The number of methoxy groups -OCH3 is 1. The highest BCUT2D eigenvalue weighted by molar-refractivity contribution is 5.94. The van der Waals surface area contributed by atoms with Gasteiger partial charge in [-0.2, -0.15) is 0 Å². The maximum Gasteiger partial charge on any atom is 0.251 e. The second kappa shape index (κ2) is 9.56. The Kier molecular flexibility index (Phi) is 6.88. The van der Waals surface area contributed by atoms with Crippen molar-refractivity contribution in [1.82, 2.24) is 10.2 Å². The number of carbonyl (C=O) groups excluding carboxylic acids is 1. The number of hydrogen-bond acceptors (Lipinski definition) is 3. The predicted molar refractivity (Wildman–Crippen MR) is 109 cm³/mol. The molecule has 0 aliphatic heterocycles. The van der Waals surface area contributed by atoms with Gasteiger partial charge in [0.2, 0.25) is 0 Å². The number of fused-ring (bicyclic) bond motifs is 1. The Labute approximate surface area is 162 Å². The Morgan fingerprint density at radius 2 is 1.96 bits per heavy atom. The van der Waals surface area contributed by atoms with Crippen molar-refractivity contribution >= 4 is 5.91 Å². The highest BCUT2D eigenvalue weighted by Crippen LogP contribution is 2.31. The fourth-order valence-corrected chi connectivity index (χ4v) is 4.02. The second-order valence-corrected chi connectivity index (χ2v) is 7.15. The van der Waals surface area contributed by atoms with Gasteiger partial charge in [-0.3, -0.25) is 9.69 Å². The van der Waals surface area contributed by atoms with Gasteiger partial charge in [0.05, 0.1) is 7.11 Å². The monoisotopic (exact) mass is 366 g/mol. The smallest absolute Gasteiger partial charge is 0.251 e. The van der Waals surface area contributed by atoms with Crippen molar-refractivity contribution < 1.29 is 9.53 Å². The van der Waals surface area contributed by atoms with E-state index in [1.54, 1.807) is 7.11 Å². The van der Waals surface area contributed by atoms with Gasteiger partial charge in [-0.1, -0.05) is 37.3 Å². The Morgan fingerprint density at radius 1 is 1.15 bits per heavy atom. The van der Waals surface area contributed by atoms with Crippen molar-refractivity contribution in [3.8, 4) is 5.75 Å². The lowest BCUT2D eigenvalue weighted by atomic mass is 9.86. The van der Waals surface area contributed by atoms with Crippen LogP contribution in [0, 0.1) is 0 Å². The Hall–Kier alpha value is -2.33. The minimum absolute atomic E-state index is 0.00535. The van der Waals surface area contributed by atoms with E-state index >= 15 is 0 Å². The highest BCUT2D eigenvalue weighted by Gasteiger charge is 2.25. The predicted octanol–water partition coefficient (Wildman–Crippen LogP) is 3.69. The van der Waals surface area contributed by atoms with Crippen LogP contribution in [-0.4, -0.2) is 43.6 Å². The maximum absolute atomic E-state index is 12.3. The van der Waals surface area contributed by atoms with Gasteiger partial charge in [-0.15, -0.1) is 0 Å². The molecule has 0 saturated heterocycles. The molecule has 0 unspecified atom stereocenters. The number of ether oxygens (including phenoxy) is 1. The number of nitrogens with zero attached hydrogens (tertiary/aromatic N) is 1. The minimum Gasteiger partial charge on any atom is -0.496 e. The van der Waals surface area contributed by atoms with Crippen LogP contribution in [0.15, 0.2) is 48.5 Å². The summed E-state index contributed by atoms with van der Waals surface area (Å²) < 4.78 is 5.53. The standard InChI is InChI=1S/C23H30N2O2/c1-3-15-25(16-14-24-23(26)18-8-5-4-6-9-18)20-12-13-21-19(17-20)10-7-11-22(21)27-2/h4-11,20H,3,12-17H2,1-2H3,(H,24,26)/t20-/m0/s1. The average Bonchev–Trinajstić information content (AvgIpc) is 2.72. The molecule has 0 radical (unpaired) electrons. The fourth-order valence-electron chi connectivity index (χ4n) is 4.02. The molecule has 1 N–H and O–H groups in total. The van der Waals surface area contributed by atoms with Gasteiger partial charge in [0, 0.05) is 24.7 Å². The lowest BCUT2D eigenvalue weighted by molar-refractivity contribution is 0.0941. The van der Waals surface area contributed by atoms with Crippen molar-refractivity contribution in [2.45, 2.75) is 38.6 Å². The summed E-state index contributed by atoms with van der Waals surface area (Å²) in [5, 5.41) is 3.06. The molecule has 3 rings (SSSR count). The first kappa shape index (κ1) is 19.4. The summed E-state index contributed by atoms with van der Waals surface area (Å²) in [5.41, 5.74) is 3.49. The molecule has 2 aromatic rings. The third-order valence-corrected chi connectivity index (χ3v) is 5.38. The third-order valence-electron chi connectivity index (χ3n) is 5.38. The van der Waals surface area contributed by atoms with Crippen molar-refractivity contribution in [2.24, 2.45) is 0 Å². The van der Waals surface area contributed by atoms with E-state index in [1.807, 2.05) is 30.3 Å². The number of amides is 1. The van der Waals surface area contributed by atoms with Gasteiger partial charge in [0.25, 0.3) is 5.91 Å². The van der Waals surface area contributed by atoms with Gasteiger partial charge >= 0.3 is 0 Å². The Bertz CT molecular complexity index is 745. The van der Waals surface area contributed by atoms with Crippen LogP contribution in [0.25, 0.3) is 0 Å². The van der Waals surface area contributed by atoms with Crippen molar-refractivity contribution in [1.29, 1.82) is 0 Å². The zero-order valence-corrected chi connectivity index (χ0v) is 16.4. The largest absolute Gasteiger partial charge is 0.496 e. The molecule has 1 amide bonds. The summed E-state index contributed by atoms with van der Waals surface area (Å²) in [6.45, 7) is 4.84. The lowest BCUT2D eigenvalue weighted by Crippen LogP contribution is -2.44. The van der Waals surface area contributed by atoms with Crippen molar-refractivity contribution in [3.63, 3.8) is 0 Å². The first-order chi connectivity index (χ1) is 13.2. The van der Waals surface area contributed by atoms with Crippen LogP contribution in [0.1, 0.15) is 41.3 Å². The zero-order valence-electron chi connectivity index (χ0n) is 16.4. The third kappa shape index (κ3) is 4.89. The molecule has 144 valence electrons. The number of hydrogen-bond donors (Lipinski definition) is 1. The van der Waals surface area contributed by atoms with E-state index in [-0.39, 0.29) is 5.91 Å². The van der Waals surface area contributed by atoms with Crippen LogP contribution in [-0.2, 0) is 12.8 Å². The Balaban J connectivity index is 1.58. The summed E-state index contributed by atoms with van der Waals surface area (Å²) in [5.74, 6) is 1.02. The SMILES string of the molecule is CCCN(CCNC(=O)c1ccccc1)[C@H]1CCc2c(cccc2OC)C1. The first-order valence-corrected chi connectivity index (χ1v) is 9.95. The molecule has 1 atom stereocenters. The number of carbonyl (C=O) groups is 1. The summed E-state index contributed by atoms with van der Waals surface area (Å²) >= 11 is 0. The van der Waals surface area contributed by atoms with Crippen molar-refractivity contribution in [2.75, 3.05) is 26.7 Å². The van der Waals surface area contributed by atoms with E-state index < -0.39 is 0 Å². The molecular formula is C23H30N2O2. The molecule has 1 aliphatic rings. The molecule has 0 bridgehead atoms. The second-order valence-electron chi connectivity index (χ2n) is 7.15. The zero-order chi connectivity index (χ0) is 19.1. The van der Waals surface area contributed by atoms with Gasteiger partial charge in [0.15, 0.2) is 0 Å². The van der Waals surface area contributed by atoms with Gasteiger partial charge in [-0.25, -0.2) is 0 Å².